The fourth-order valence-corrected chi connectivity index (χ4v) is 5.99. The molecule has 1 aliphatic heterocycles. The zero-order valence-electron chi connectivity index (χ0n) is 12.9. The summed E-state index contributed by atoms with van der Waals surface area (Å²) in [4.78, 5) is 5.29. The Morgan fingerprint density at radius 1 is 1.20 bits per heavy atom. The topological polar surface area (TPSA) is 27.1 Å². The lowest BCUT2D eigenvalue weighted by atomic mass is 10.1. The molecule has 0 saturated heterocycles. The Morgan fingerprint density at radius 3 is 2.80 bits per heavy atom. The van der Waals surface area contributed by atoms with Crippen molar-refractivity contribution in [3.05, 3.63) is 67.8 Å². The molecule has 1 aliphatic rings. The molecule has 2 aromatic heterocycles. The second-order valence-electron chi connectivity index (χ2n) is 5.68. The summed E-state index contributed by atoms with van der Waals surface area (Å²) >= 11 is 21.6. The molecule has 0 unspecified atom stereocenters. The Labute approximate surface area is 168 Å². The van der Waals surface area contributed by atoms with Crippen molar-refractivity contribution < 1.29 is 4.74 Å². The molecule has 3 nitrogen and oxygen atoms in total. The Morgan fingerprint density at radius 2 is 2.08 bits per heavy atom. The number of aromatic nitrogens is 2. The summed E-state index contributed by atoms with van der Waals surface area (Å²) in [7, 11) is 0. The molecule has 3 heterocycles. The summed E-state index contributed by atoms with van der Waals surface area (Å²) in [6.07, 6.45) is 5.52. The third-order valence-electron chi connectivity index (χ3n) is 3.99. The summed E-state index contributed by atoms with van der Waals surface area (Å²) in [5.74, 6) is 0. The molecular formula is C17H13Cl3N2OS2. The van der Waals surface area contributed by atoms with Crippen LogP contribution >= 0.6 is 57.9 Å². The highest BCUT2D eigenvalue weighted by Gasteiger charge is 2.34. The number of fused-ring (bicyclic) bond motifs is 1. The van der Waals surface area contributed by atoms with Gasteiger partial charge in [-0.1, -0.05) is 40.9 Å². The van der Waals surface area contributed by atoms with E-state index in [9.17, 15) is 0 Å². The van der Waals surface area contributed by atoms with Gasteiger partial charge in [-0.15, -0.1) is 23.1 Å². The Bertz CT molecular complexity index is 882. The van der Waals surface area contributed by atoms with Crippen LogP contribution < -0.4 is 0 Å². The third-order valence-corrected chi connectivity index (χ3v) is 7.10. The van der Waals surface area contributed by atoms with E-state index in [1.807, 2.05) is 36.8 Å². The van der Waals surface area contributed by atoms with Crippen molar-refractivity contribution in [3.8, 4) is 0 Å². The second-order valence-corrected chi connectivity index (χ2v) is 9.68. The van der Waals surface area contributed by atoms with Crippen LogP contribution in [-0.4, -0.2) is 14.8 Å². The van der Waals surface area contributed by atoms with Crippen molar-refractivity contribution in [2.24, 2.45) is 0 Å². The molecule has 0 spiro atoms. The first-order valence-corrected chi connectivity index (χ1v) is 10.4. The molecule has 2 atom stereocenters. The third kappa shape index (κ3) is 3.87. The number of nitrogens with zero attached hydrogens (tertiary/aromatic N) is 2. The van der Waals surface area contributed by atoms with Gasteiger partial charge in [0.1, 0.15) is 0 Å². The summed E-state index contributed by atoms with van der Waals surface area (Å²) < 4.78 is 9.69. The summed E-state index contributed by atoms with van der Waals surface area (Å²) in [5.41, 5.74) is 2.09. The van der Waals surface area contributed by atoms with Gasteiger partial charge in [-0.25, -0.2) is 4.98 Å². The van der Waals surface area contributed by atoms with Crippen LogP contribution in [0.4, 0.5) is 0 Å². The number of thiophene rings is 1. The van der Waals surface area contributed by atoms with Crippen molar-refractivity contribution in [1.29, 1.82) is 0 Å². The van der Waals surface area contributed by atoms with Crippen LogP contribution in [0.2, 0.25) is 13.7 Å². The highest BCUT2D eigenvalue weighted by atomic mass is 35.5. The first-order chi connectivity index (χ1) is 12.1. The summed E-state index contributed by atoms with van der Waals surface area (Å²) in [6.45, 7) is 1.23. The number of hydrogen-bond acceptors (Lipinski definition) is 4. The molecule has 0 radical (unpaired) electrons. The maximum atomic E-state index is 6.28. The molecule has 0 bridgehead atoms. The monoisotopic (exact) mass is 430 g/mol. The van der Waals surface area contributed by atoms with Gasteiger partial charge in [0.25, 0.3) is 0 Å². The van der Waals surface area contributed by atoms with Crippen LogP contribution in [0.1, 0.15) is 17.2 Å². The van der Waals surface area contributed by atoms with Crippen molar-refractivity contribution >= 4 is 57.9 Å². The van der Waals surface area contributed by atoms with Gasteiger partial charge in [-0.05, 0) is 23.8 Å². The molecule has 0 saturated carbocycles. The minimum absolute atomic E-state index is 0.0468. The molecule has 3 aromatic rings. The number of rotatable bonds is 5. The van der Waals surface area contributed by atoms with E-state index in [0.717, 1.165) is 27.6 Å². The molecule has 0 amide bonds. The van der Waals surface area contributed by atoms with Crippen LogP contribution in [0, 0.1) is 0 Å². The maximum Gasteiger partial charge on any atom is 0.0999 e. The van der Waals surface area contributed by atoms with Crippen LogP contribution in [-0.2, 0) is 17.9 Å². The van der Waals surface area contributed by atoms with Crippen LogP contribution in [0.15, 0.2) is 47.9 Å². The molecule has 8 heteroatoms. The molecule has 4 rings (SSSR count). The largest absolute Gasteiger partial charge is 0.367 e. The minimum Gasteiger partial charge on any atom is -0.367 e. The number of ether oxygens (including phenoxy) is 1. The smallest absolute Gasteiger partial charge is 0.0999 e. The minimum atomic E-state index is -0.0468. The standard InChI is InChI=1S/C17H13Cl3N2OS2/c18-11-1-2-12-13(6-11)24-14(7-22-4-3-21-9-22)16(12)23-8-10-5-15(19)25-17(10)20/h1-6,9,14,16H,7-8H2/t14-,16-/m1/s1. The zero-order valence-corrected chi connectivity index (χ0v) is 16.8. The molecule has 0 fully saturated rings. The lowest BCUT2D eigenvalue weighted by Gasteiger charge is -2.20. The molecule has 0 N–H and O–H groups in total. The van der Waals surface area contributed by atoms with Gasteiger partial charge in [0, 0.05) is 34.4 Å². The predicted molar refractivity (Wildman–Crippen MR) is 105 cm³/mol. The lowest BCUT2D eigenvalue weighted by Crippen LogP contribution is -2.19. The molecule has 25 heavy (non-hydrogen) atoms. The highest BCUT2D eigenvalue weighted by molar-refractivity contribution is 8.00. The van der Waals surface area contributed by atoms with Crippen molar-refractivity contribution in [2.75, 3.05) is 0 Å². The van der Waals surface area contributed by atoms with E-state index in [4.69, 9.17) is 39.5 Å². The van der Waals surface area contributed by atoms with E-state index < -0.39 is 0 Å². The molecule has 0 aliphatic carbocycles. The van der Waals surface area contributed by atoms with Crippen LogP contribution in [0.25, 0.3) is 0 Å². The van der Waals surface area contributed by atoms with E-state index >= 15 is 0 Å². The van der Waals surface area contributed by atoms with Crippen molar-refractivity contribution in [2.45, 2.75) is 29.4 Å². The van der Waals surface area contributed by atoms with Gasteiger partial charge >= 0.3 is 0 Å². The van der Waals surface area contributed by atoms with Gasteiger partial charge in [-0.2, -0.15) is 0 Å². The predicted octanol–water partition coefficient (Wildman–Crippen LogP) is 6.34. The van der Waals surface area contributed by atoms with Gasteiger partial charge < -0.3 is 9.30 Å². The first kappa shape index (κ1) is 17.7. The van der Waals surface area contributed by atoms with Crippen LogP contribution in [0.5, 0.6) is 0 Å². The number of imidazole rings is 1. The highest BCUT2D eigenvalue weighted by Crippen LogP contribution is 2.48. The SMILES string of the molecule is Clc1ccc2c(c1)S[C@H](Cn1ccnc1)[C@@H]2OCc1cc(Cl)sc1Cl. The fourth-order valence-electron chi connectivity index (χ4n) is 2.86. The van der Waals surface area contributed by atoms with E-state index in [2.05, 4.69) is 9.55 Å². The van der Waals surface area contributed by atoms with Crippen LogP contribution in [0.3, 0.4) is 0 Å². The van der Waals surface area contributed by atoms with E-state index in [-0.39, 0.29) is 11.4 Å². The van der Waals surface area contributed by atoms with Gasteiger partial charge in [0.2, 0.25) is 0 Å². The number of thioether (sulfide) groups is 1. The van der Waals surface area contributed by atoms with Gasteiger partial charge in [0.15, 0.2) is 0 Å². The lowest BCUT2D eigenvalue weighted by molar-refractivity contribution is 0.0369. The number of halogens is 3. The average molecular weight is 432 g/mol. The molecular weight excluding hydrogens is 419 g/mol. The molecule has 130 valence electrons. The summed E-state index contributed by atoms with van der Waals surface area (Å²) in [6, 6.07) is 7.82. The Kier molecular flexibility index (Phi) is 5.32. The zero-order chi connectivity index (χ0) is 17.4. The maximum absolute atomic E-state index is 6.28. The fraction of sp³-hybridized carbons (Fsp3) is 0.235. The molecule has 1 aromatic carbocycles. The quantitative estimate of drug-likeness (QED) is 0.472. The van der Waals surface area contributed by atoms with Crippen molar-refractivity contribution in [3.63, 3.8) is 0 Å². The van der Waals surface area contributed by atoms with E-state index in [1.165, 1.54) is 11.3 Å². The van der Waals surface area contributed by atoms with Crippen molar-refractivity contribution in [1.82, 2.24) is 9.55 Å². The summed E-state index contributed by atoms with van der Waals surface area (Å²) in [5, 5.41) is 0.969. The van der Waals surface area contributed by atoms with E-state index in [1.54, 1.807) is 18.0 Å². The first-order valence-electron chi connectivity index (χ1n) is 7.57. The van der Waals surface area contributed by atoms with Gasteiger partial charge in [-0.3, -0.25) is 0 Å². The Hall–Kier alpha value is -0.690. The Balaban J connectivity index is 1.57. The number of benzene rings is 1. The number of hydrogen-bond donors (Lipinski definition) is 0. The average Bonchev–Trinajstić information content (AvgIpc) is 3.26. The normalized spacial score (nSPS) is 19.3. The second kappa shape index (κ2) is 7.51. The van der Waals surface area contributed by atoms with Gasteiger partial charge in [0.05, 0.1) is 33.0 Å². The van der Waals surface area contributed by atoms with E-state index in [0.29, 0.717) is 15.3 Å².